The summed E-state index contributed by atoms with van der Waals surface area (Å²) in [7, 11) is -0.997. The molecule has 0 aromatic heterocycles. The van der Waals surface area contributed by atoms with Crippen LogP contribution in [0.3, 0.4) is 0 Å². The van der Waals surface area contributed by atoms with Crippen LogP contribution in [0.5, 0.6) is 17.2 Å². The van der Waals surface area contributed by atoms with Crippen LogP contribution in [0.4, 0.5) is 5.69 Å². The third kappa shape index (κ3) is 9.31. The number of nitrogens with one attached hydrogen (secondary N) is 2. The predicted molar refractivity (Wildman–Crippen MR) is 153 cm³/mol. The number of rotatable bonds is 14. The molecule has 0 fully saturated rings. The summed E-state index contributed by atoms with van der Waals surface area (Å²) >= 11 is 0. The van der Waals surface area contributed by atoms with Crippen LogP contribution >= 0.6 is 0 Å². The molecule has 3 rings (SSSR count). The van der Waals surface area contributed by atoms with Crippen molar-refractivity contribution in [2.24, 2.45) is 5.10 Å². The number of nitrogens with zero attached hydrogens (tertiary/aromatic N) is 2. The molecule has 2 N–H and O–H groups in total. The van der Waals surface area contributed by atoms with Crippen LogP contribution in [0.25, 0.3) is 0 Å². The van der Waals surface area contributed by atoms with Crippen molar-refractivity contribution in [1.82, 2.24) is 10.7 Å². The molecule has 0 radical (unpaired) electrons. The first-order valence-corrected chi connectivity index (χ1v) is 14.1. The number of carbonyl (C=O) groups is 2. The van der Waals surface area contributed by atoms with Gasteiger partial charge in [0, 0.05) is 12.6 Å². The lowest BCUT2D eigenvalue weighted by Gasteiger charge is -2.23. The quantitative estimate of drug-likeness (QED) is 0.225. The SMILES string of the molecule is COc1ccc(OC)c(N(CC(=O)N/N=C\c2ccc(OCC(=O)NCCc3ccccc3)cc2)S(C)(=O)=O)c1. The fraction of sp³-hybridized carbons (Fsp3) is 0.250. The highest BCUT2D eigenvalue weighted by molar-refractivity contribution is 7.92. The first-order chi connectivity index (χ1) is 19.2. The summed E-state index contributed by atoms with van der Waals surface area (Å²) in [5, 5.41) is 6.72. The second-order valence-corrected chi connectivity index (χ2v) is 10.5. The van der Waals surface area contributed by atoms with Crippen LogP contribution in [0.2, 0.25) is 0 Å². The van der Waals surface area contributed by atoms with Crippen LogP contribution in [0.1, 0.15) is 11.1 Å². The largest absolute Gasteiger partial charge is 0.497 e. The van der Waals surface area contributed by atoms with E-state index in [9.17, 15) is 18.0 Å². The lowest BCUT2D eigenvalue weighted by atomic mass is 10.1. The van der Waals surface area contributed by atoms with Crippen molar-refractivity contribution >= 4 is 33.7 Å². The molecule has 2 amide bonds. The zero-order valence-corrected chi connectivity index (χ0v) is 23.3. The van der Waals surface area contributed by atoms with Gasteiger partial charge in [-0.15, -0.1) is 0 Å². The third-order valence-corrected chi connectivity index (χ3v) is 6.70. The molecule has 0 atom stereocenters. The zero-order chi connectivity index (χ0) is 29.0. The van der Waals surface area contributed by atoms with Crippen LogP contribution < -0.4 is 29.3 Å². The number of amides is 2. The second kappa shape index (κ2) is 14.5. The standard InChI is InChI=1S/C28H32N4O7S/c1-37-24-13-14-26(38-2)25(17-24)32(40(3,35)36)19-27(33)31-30-18-22-9-11-23(12-10-22)39-20-28(34)29-16-15-21-7-5-4-6-8-21/h4-14,17-18H,15-16,19-20H2,1-3H3,(H,29,34)(H,31,33)/b30-18-. The van der Waals surface area contributed by atoms with E-state index < -0.39 is 22.5 Å². The van der Waals surface area contributed by atoms with E-state index in [0.29, 0.717) is 23.6 Å². The van der Waals surface area contributed by atoms with Crippen molar-refractivity contribution in [2.45, 2.75) is 6.42 Å². The minimum Gasteiger partial charge on any atom is -0.497 e. The van der Waals surface area contributed by atoms with Crippen molar-refractivity contribution < 1.29 is 32.2 Å². The molecule has 0 bridgehead atoms. The predicted octanol–water partition coefficient (Wildman–Crippen LogP) is 2.36. The Balaban J connectivity index is 1.49. The lowest BCUT2D eigenvalue weighted by molar-refractivity contribution is -0.123. The Bertz CT molecular complexity index is 1410. The van der Waals surface area contributed by atoms with Crippen LogP contribution in [-0.4, -0.2) is 66.6 Å². The highest BCUT2D eigenvalue weighted by Crippen LogP contribution is 2.33. The zero-order valence-electron chi connectivity index (χ0n) is 22.5. The monoisotopic (exact) mass is 568 g/mol. The molecule has 3 aromatic rings. The average Bonchev–Trinajstić information content (AvgIpc) is 2.95. The average molecular weight is 569 g/mol. The maximum atomic E-state index is 12.5. The number of ether oxygens (including phenoxy) is 3. The summed E-state index contributed by atoms with van der Waals surface area (Å²) in [6.07, 6.45) is 3.12. The van der Waals surface area contributed by atoms with E-state index in [2.05, 4.69) is 15.8 Å². The normalized spacial score (nSPS) is 11.1. The summed E-state index contributed by atoms with van der Waals surface area (Å²) in [5.41, 5.74) is 4.27. The molecule has 11 nitrogen and oxygen atoms in total. The van der Waals surface area contributed by atoms with Crippen molar-refractivity contribution in [3.8, 4) is 17.2 Å². The van der Waals surface area contributed by atoms with Crippen LogP contribution in [-0.2, 0) is 26.0 Å². The highest BCUT2D eigenvalue weighted by atomic mass is 32.2. The Morgan fingerprint density at radius 2 is 1.62 bits per heavy atom. The molecule has 12 heteroatoms. The molecular weight excluding hydrogens is 536 g/mol. The number of anilines is 1. The Morgan fingerprint density at radius 1 is 0.925 bits per heavy atom. The van der Waals surface area contributed by atoms with E-state index in [1.165, 1.54) is 26.5 Å². The van der Waals surface area contributed by atoms with Gasteiger partial charge < -0.3 is 19.5 Å². The Labute approximate surface area is 233 Å². The minimum atomic E-state index is -3.84. The molecule has 0 aliphatic rings. The van der Waals surface area contributed by atoms with Crippen LogP contribution in [0.15, 0.2) is 77.9 Å². The Morgan fingerprint density at radius 3 is 2.27 bits per heavy atom. The molecule has 0 aliphatic heterocycles. The van der Waals surface area contributed by atoms with E-state index >= 15 is 0 Å². The number of hydrogen-bond donors (Lipinski definition) is 2. The van der Waals surface area contributed by atoms with E-state index in [4.69, 9.17) is 14.2 Å². The van der Waals surface area contributed by atoms with Crippen molar-refractivity contribution in [3.05, 3.63) is 83.9 Å². The molecule has 212 valence electrons. The Hall–Kier alpha value is -4.58. The Kier molecular flexibility index (Phi) is 10.9. The van der Waals surface area contributed by atoms with Gasteiger partial charge in [0.05, 0.1) is 32.4 Å². The van der Waals surface area contributed by atoms with Gasteiger partial charge in [-0.05, 0) is 53.9 Å². The lowest BCUT2D eigenvalue weighted by Crippen LogP contribution is -2.39. The fourth-order valence-electron chi connectivity index (χ4n) is 3.56. The van der Waals surface area contributed by atoms with Crippen molar-refractivity contribution in [3.63, 3.8) is 0 Å². The summed E-state index contributed by atoms with van der Waals surface area (Å²) in [6, 6.07) is 21.2. The fourth-order valence-corrected chi connectivity index (χ4v) is 4.41. The molecule has 0 unspecified atom stereocenters. The summed E-state index contributed by atoms with van der Waals surface area (Å²) in [4.78, 5) is 24.5. The first-order valence-electron chi connectivity index (χ1n) is 12.2. The summed E-state index contributed by atoms with van der Waals surface area (Å²) in [5.74, 6) is 0.271. The molecule has 0 heterocycles. The van der Waals surface area contributed by atoms with Gasteiger partial charge >= 0.3 is 0 Å². The van der Waals surface area contributed by atoms with Crippen LogP contribution in [0, 0.1) is 0 Å². The van der Waals surface area contributed by atoms with Gasteiger partial charge in [0.1, 0.15) is 23.8 Å². The van der Waals surface area contributed by atoms with E-state index in [1.807, 2.05) is 30.3 Å². The molecule has 3 aromatic carbocycles. The van der Waals surface area contributed by atoms with Crippen molar-refractivity contribution in [1.29, 1.82) is 0 Å². The van der Waals surface area contributed by atoms with Gasteiger partial charge in [-0.2, -0.15) is 5.10 Å². The highest BCUT2D eigenvalue weighted by Gasteiger charge is 2.24. The smallest absolute Gasteiger partial charge is 0.260 e. The molecular formula is C28H32N4O7S. The molecule has 0 saturated carbocycles. The topological polar surface area (TPSA) is 136 Å². The molecule has 0 saturated heterocycles. The van der Waals surface area contributed by atoms with Gasteiger partial charge in [-0.1, -0.05) is 30.3 Å². The maximum absolute atomic E-state index is 12.5. The minimum absolute atomic E-state index is 0.118. The molecule has 0 aliphatic carbocycles. The number of methoxy groups -OCH3 is 2. The van der Waals surface area contributed by atoms with Gasteiger partial charge in [0.15, 0.2) is 6.61 Å². The molecule has 40 heavy (non-hydrogen) atoms. The molecule has 0 spiro atoms. The van der Waals surface area contributed by atoms with Gasteiger partial charge in [-0.25, -0.2) is 13.8 Å². The maximum Gasteiger partial charge on any atom is 0.260 e. The van der Waals surface area contributed by atoms with Gasteiger partial charge in [-0.3, -0.25) is 13.9 Å². The number of hydrogen-bond acceptors (Lipinski definition) is 8. The van der Waals surface area contributed by atoms with Gasteiger partial charge in [0.25, 0.3) is 11.8 Å². The summed E-state index contributed by atoms with van der Waals surface area (Å²) < 4.78 is 41.7. The third-order valence-electron chi connectivity index (χ3n) is 5.57. The number of hydrazone groups is 1. The number of carbonyl (C=O) groups excluding carboxylic acids is 2. The number of sulfonamides is 1. The first kappa shape index (κ1) is 30.0. The van der Waals surface area contributed by atoms with E-state index in [1.54, 1.807) is 36.4 Å². The van der Waals surface area contributed by atoms with Gasteiger partial charge in [0.2, 0.25) is 10.0 Å². The number of benzene rings is 3. The summed E-state index contributed by atoms with van der Waals surface area (Å²) in [6.45, 7) is -0.130. The second-order valence-electron chi connectivity index (χ2n) is 8.54. The van der Waals surface area contributed by atoms with E-state index in [0.717, 1.165) is 22.5 Å². The van der Waals surface area contributed by atoms with Crippen molar-refractivity contribution in [2.75, 3.05) is 44.5 Å². The van der Waals surface area contributed by atoms with E-state index in [-0.39, 0.29) is 24.0 Å².